The van der Waals surface area contributed by atoms with Crippen molar-refractivity contribution in [1.82, 2.24) is 0 Å². The molecule has 4 heteroatoms. The maximum Gasteiger partial charge on any atom is 0.235 e. The minimum Gasteiger partial charge on any atom is -0.508 e. The molecular weight excluding hydrogens is 340 g/mol. The predicted octanol–water partition coefficient (Wildman–Crippen LogP) is 5.52. The Bertz CT molecular complexity index is 1140. The second kappa shape index (κ2) is 7.00. The molecule has 0 amide bonds. The van der Waals surface area contributed by atoms with Crippen molar-refractivity contribution in [1.29, 1.82) is 0 Å². The zero-order valence-corrected chi connectivity index (χ0v) is 14.8. The van der Waals surface area contributed by atoms with Crippen LogP contribution in [0.4, 0.5) is 0 Å². The third-order valence-electron chi connectivity index (χ3n) is 4.51. The molecule has 4 rings (SSSR count). The van der Waals surface area contributed by atoms with E-state index in [2.05, 4.69) is 0 Å². The normalized spacial score (nSPS) is 10.9. The molecule has 134 valence electrons. The molecule has 3 aromatic carbocycles. The van der Waals surface area contributed by atoms with Crippen LogP contribution >= 0.6 is 0 Å². The molecular formula is C23H18O4. The Balaban J connectivity index is 1.66. The molecule has 1 heterocycles. The summed E-state index contributed by atoms with van der Waals surface area (Å²) in [5, 5.41) is 10.3. The maximum atomic E-state index is 12.7. The lowest BCUT2D eigenvalue weighted by Gasteiger charge is -2.08. The first-order chi connectivity index (χ1) is 13.2. The number of aryl methyl sites for hydroxylation is 1. The Morgan fingerprint density at radius 2 is 1.67 bits per heavy atom. The molecule has 0 saturated heterocycles. The summed E-state index contributed by atoms with van der Waals surface area (Å²) in [6.07, 6.45) is 1.90. The Kier molecular flexibility index (Phi) is 4.38. The predicted molar refractivity (Wildman–Crippen MR) is 105 cm³/mol. The molecule has 0 atom stereocenters. The highest BCUT2D eigenvalue weighted by atomic mass is 16.5. The number of rotatable bonds is 4. The number of fused-ring (bicyclic) bond motifs is 1. The highest BCUT2D eigenvalue weighted by Crippen LogP contribution is 2.28. The van der Waals surface area contributed by atoms with E-state index in [-0.39, 0.29) is 16.9 Å². The first-order valence-corrected chi connectivity index (χ1v) is 8.76. The number of phenols is 1. The van der Waals surface area contributed by atoms with Crippen molar-refractivity contribution in [2.24, 2.45) is 0 Å². The van der Waals surface area contributed by atoms with Gasteiger partial charge in [0.05, 0.1) is 5.39 Å². The lowest BCUT2D eigenvalue weighted by Crippen LogP contribution is -2.05. The van der Waals surface area contributed by atoms with Gasteiger partial charge in [-0.15, -0.1) is 0 Å². The van der Waals surface area contributed by atoms with E-state index in [9.17, 15) is 9.90 Å². The van der Waals surface area contributed by atoms with Gasteiger partial charge in [-0.1, -0.05) is 49.4 Å². The first kappa shape index (κ1) is 16.9. The largest absolute Gasteiger partial charge is 0.508 e. The zero-order valence-electron chi connectivity index (χ0n) is 14.8. The van der Waals surface area contributed by atoms with Gasteiger partial charge in [-0.05, 0) is 41.3 Å². The Labute approximate surface area is 156 Å². The van der Waals surface area contributed by atoms with E-state index in [4.69, 9.17) is 9.15 Å². The molecule has 4 aromatic rings. The lowest BCUT2D eigenvalue weighted by molar-refractivity contribution is 0.448. The van der Waals surface area contributed by atoms with E-state index in [1.807, 2.05) is 61.5 Å². The molecule has 0 aliphatic rings. The van der Waals surface area contributed by atoms with Gasteiger partial charge in [0.1, 0.15) is 23.3 Å². The average molecular weight is 358 g/mol. The number of aromatic hydroxyl groups is 1. The van der Waals surface area contributed by atoms with Crippen molar-refractivity contribution in [2.75, 3.05) is 0 Å². The van der Waals surface area contributed by atoms with Gasteiger partial charge in [0.2, 0.25) is 11.2 Å². The highest BCUT2D eigenvalue weighted by molar-refractivity contribution is 5.80. The smallest absolute Gasteiger partial charge is 0.235 e. The number of hydrogen-bond acceptors (Lipinski definition) is 4. The van der Waals surface area contributed by atoms with Crippen LogP contribution in [-0.4, -0.2) is 5.11 Å². The molecule has 27 heavy (non-hydrogen) atoms. The zero-order chi connectivity index (χ0) is 18.8. The molecule has 0 saturated carbocycles. The van der Waals surface area contributed by atoms with Gasteiger partial charge in [-0.2, -0.15) is 0 Å². The van der Waals surface area contributed by atoms with E-state index in [0.717, 1.165) is 11.1 Å². The Morgan fingerprint density at radius 3 is 2.37 bits per heavy atom. The number of ether oxygens (including phenoxy) is 1. The number of hydrogen-bond donors (Lipinski definition) is 1. The van der Waals surface area contributed by atoms with Crippen LogP contribution in [0.1, 0.15) is 12.5 Å². The summed E-state index contributed by atoms with van der Waals surface area (Å²) >= 11 is 0. The van der Waals surface area contributed by atoms with E-state index in [0.29, 0.717) is 28.7 Å². The second-order valence-corrected chi connectivity index (χ2v) is 6.25. The summed E-state index contributed by atoms with van der Waals surface area (Å²) in [7, 11) is 0. The fraction of sp³-hybridized carbons (Fsp3) is 0.0870. The summed E-state index contributed by atoms with van der Waals surface area (Å²) in [6.45, 7) is 1.91. The molecule has 0 aliphatic carbocycles. The summed E-state index contributed by atoms with van der Waals surface area (Å²) in [5.41, 5.74) is 2.94. The number of benzene rings is 3. The third kappa shape index (κ3) is 3.29. The monoisotopic (exact) mass is 358 g/mol. The molecule has 0 spiro atoms. The molecule has 0 unspecified atom stereocenters. The van der Waals surface area contributed by atoms with Crippen LogP contribution in [0.25, 0.3) is 22.1 Å². The summed E-state index contributed by atoms with van der Waals surface area (Å²) in [6, 6.07) is 20.7. The van der Waals surface area contributed by atoms with Gasteiger partial charge >= 0.3 is 0 Å². The van der Waals surface area contributed by atoms with E-state index in [1.165, 1.54) is 12.3 Å². The van der Waals surface area contributed by atoms with Crippen molar-refractivity contribution in [3.63, 3.8) is 0 Å². The van der Waals surface area contributed by atoms with Crippen LogP contribution in [0.3, 0.4) is 0 Å². The fourth-order valence-electron chi connectivity index (χ4n) is 3.02. The van der Waals surface area contributed by atoms with Crippen LogP contribution in [0.15, 0.2) is 82.2 Å². The molecule has 1 N–H and O–H groups in total. The van der Waals surface area contributed by atoms with Gasteiger partial charge < -0.3 is 14.3 Å². The van der Waals surface area contributed by atoms with Gasteiger partial charge in [0.15, 0.2) is 0 Å². The van der Waals surface area contributed by atoms with E-state index in [1.54, 1.807) is 6.07 Å². The second-order valence-electron chi connectivity index (χ2n) is 6.25. The highest BCUT2D eigenvalue weighted by Gasteiger charge is 2.12. The minimum atomic E-state index is -0.266. The Hall–Kier alpha value is -3.53. The van der Waals surface area contributed by atoms with Crippen molar-refractivity contribution in [3.05, 3.63) is 88.8 Å². The van der Waals surface area contributed by atoms with Gasteiger partial charge in [-0.25, -0.2) is 0 Å². The summed E-state index contributed by atoms with van der Waals surface area (Å²) in [5.74, 6) is 0.789. The first-order valence-electron chi connectivity index (χ1n) is 8.76. The van der Waals surface area contributed by atoms with Crippen LogP contribution in [0.2, 0.25) is 0 Å². The Morgan fingerprint density at radius 1 is 0.963 bits per heavy atom. The fourth-order valence-corrected chi connectivity index (χ4v) is 3.02. The maximum absolute atomic E-state index is 12.7. The lowest BCUT2D eigenvalue weighted by atomic mass is 10.1. The number of phenolic OH excluding ortho intramolecular Hbond substituents is 1. The minimum absolute atomic E-state index is 0.114. The topological polar surface area (TPSA) is 59.7 Å². The van der Waals surface area contributed by atoms with Crippen LogP contribution < -0.4 is 10.2 Å². The molecule has 0 bridgehead atoms. The third-order valence-corrected chi connectivity index (χ3v) is 4.51. The van der Waals surface area contributed by atoms with Crippen LogP contribution in [0.5, 0.6) is 17.2 Å². The molecule has 1 aromatic heterocycles. The standard InChI is InChI=1S/C23H18O4/c1-2-15-12-19-21(13-20(15)24)26-14-22(23(19)25)27-18-10-8-17(9-11-18)16-6-4-3-5-7-16/h3-14,24H,2H2,1H3. The van der Waals surface area contributed by atoms with Crippen molar-refractivity contribution < 1.29 is 14.3 Å². The molecule has 0 radical (unpaired) electrons. The molecule has 0 aliphatic heterocycles. The van der Waals surface area contributed by atoms with Crippen molar-refractivity contribution in [3.8, 4) is 28.4 Å². The quantitative estimate of drug-likeness (QED) is 0.522. The molecule has 0 fully saturated rings. The van der Waals surface area contributed by atoms with Gasteiger partial charge in [0.25, 0.3) is 0 Å². The van der Waals surface area contributed by atoms with Crippen molar-refractivity contribution in [2.45, 2.75) is 13.3 Å². The van der Waals surface area contributed by atoms with Crippen LogP contribution in [0, 0.1) is 0 Å². The van der Waals surface area contributed by atoms with Crippen LogP contribution in [-0.2, 0) is 6.42 Å². The van der Waals surface area contributed by atoms with E-state index >= 15 is 0 Å². The summed E-state index contributed by atoms with van der Waals surface area (Å²) in [4.78, 5) is 12.7. The van der Waals surface area contributed by atoms with E-state index < -0.39 is 0 Å². The van der Waals surface area contributed by atoms with Gasteiger partial charge in [0, 0.05) is 6.07 Å². The summed E-state index contributed by atoms with van der Waals surface area (Å²) < 4.78 is 11.2. The SMILES string of the molecule is CCc1cc2c(=O)c(Oc3ccc(-c4ccccc4)cc3)coc2cc1O. The van der Waals surface area contributed by atoms with Gasteiger partial charge in [-0.3, -0.25) is 4.79 Å². The molecule has 4 nitrogen and oxygen atoms in total. The van der Waals surface area contributed by atoms with Crippen molar-refractivity contribution >= 4 is 11.0 Å². The average Bonchev–Trinajstić information content (AvgIpc) is 2.71.